The smallest absolute Gasteiger partial charge is 0.313 e. The van der Waals surface area contributed by atoms with Crippen molar-refractivity contribution in [3.63, 3.8) is 0 Å². The van der Waals surface area contributed by atoms with Gasteiger partial charge in [0.05, 0.1) is 30.3 Å². The Morgan fingerprint density at radius 1 is 1.27 bits per heavy atom. The number of ketones is 1. The zero-order chi connectivity index (χ0) is 22.1. The predicted octanol–water partition coefficient (Wildman–Crippen LogP) is 2.79. The van der Waals surface area contributed by atoms with Crippen LogP contribution in [0.3, 0.4) is 0 Å². The zero-order valence-electron chi connectivity index (χ0n) is 18.2. The highest BCUT2D eigenvalue weighted by Crippen LogP contribution is 2.66. The van der Waals surface area contributed by atoms with Crippen molar-refractivity contribution in [1.82, 2.24) is 0 Å². The molecule has 0 amide bonds. The van der Waals surface area contributed by atoms with Gasteiger partial charge in [-0.05, 0) is 30.7 Å². The normalized spacial score (nSPS) is 39.3. The van der Waals surface area contributed by atoms with Gasteiger partial charge in [-0.3, -0.25) is 14.4 Å². The minimum Gasteiger partial charge on any atom is -0.469 e. The molecule has 1 N–H and O–H groups in total. The lowest BCUT2D eigenvalue weighted by molar-refractivity contribution is -0.254. The highest BCUT2D eigenvalue weighted by molar-refractivity contribution is 5.89. The molecule has 0 aromatic carbocycles. The quantitative estimate of drug-likeness (QED) is 0.737. The molecule has 164 valence electrons. The van der Waals surface area contributed by atoms with E-state index in [1.54, 1.807) is 6.07 Å². The van der Waals surface area contributed by atoms with Crippen LogP contribution in [0.1, 0.15) is 64.2 Å². The predicted molar refractivity (Wildman–Crippen MR) is 105 cm³/mol. The molecule has 4 rings (SSSR count). The molecule has 0 spiro atoms. The summed E-state index contributed by atoms with van der Waals surface area (Å²) in [7, 11) is 1.32. The lowest BCUT2D eigenvalue weighted by Gasteiger charge is -2.65. The first-order chi connectivity index (χ1) is 14.0. The number of esters is 2. The van der Waals surface area contributed by atoms with Crippen molar-refractivity contribution < 1.29 is 33.4 Å². The number of ether oxygens (including phenoxy) is 2. The van der Waals surface area contributed by atoms with Crippen LogP contribution in [0.15, 0.2) is 16.7 Å². The summed E-state index contributed by atoms with van der Waals surface area (Å²) in [6, 6.07) is 1.74. The summed E-state index contributed by atoms with van der Waals surface area (Å²) in [6.45, 7) is 7.06. The molecular formula is C23H30O7. The van der Waals surface area contributed by atoms with E-state index < -0.39 is 52.2 Å². The Hall–Kier alpha value is -2.15. The molecule has 7 heteroatoms. The molecule has 0 bridgehead atoms. The van der Waals surface area contributed by atoms with Gasteiger partial charge in [0.15, 0.2) is 0 Å². The van der Waals surface area contributed by atoms with Gasteiger partial charge in [0.2, 0.25) is 0 Å². The molecule has 0 unspecified atom stereocenters. The van der Waals surface area contributed by atoms with Gasteiger partial charge in [0.25, 0.3) is 0 Å². The molecule has 30 heavy (non-hydrogen) atoms. The summed E-state index contributed by atoms with van der Waals surface area (Å²) in [5, 5.41) is 12.1. The number of furan rings is 1. The lowest BCUT2D eigenvalue weighted by atomic mass is 9.40. The van der Waals surface area contributed by atoms with E-state index in [-0.39, 0.29) is 12.2 Å². The van der Waals surface area contributed by atoms with Crippen molar-refractivity contribution in [3.8, 4) is 0 Å². The van der Waals surface area contributed by atoms with Gasteiger partial charge in [-0.1, -0.05) is 13.8 Å². The number of carbonyl (C=O) groups excluding carboxylic acids is 3. The third-order valence-corrected chi connectivity index (χ3v) is 8.34. The van der Waals surface area contributed by atoms with Crippen LogP contribution >= 0.6 is 0 Å². The maximum absolute atomic E-state index is 13.4. The molecule has 2 fully saturated rings. The van der Waals surface area contributed by atoms with E-state index in [0.717, 1.165) is 0 Å². The summed E-state index contributed by atoms with van der Waals surface area (Å²) in [5.74, 6) is -1.99. The zero-order valence-corrected chi connectivity index (χ0v) is 18.2. The van der Waals surface area contributed by atoms with Crippen molar-refractivity contribution in [2.24, 2.45) is 22.7 Å². The summed E-state index contributed by atoms with van der Waals surface area (Å²) >= 11 is 0. The number of Topliss-reactive ketones (excluding diaryl/α,β-unsaturated/α-hetero) is 1. The monoisotopic (exact) mass is 418 g/mol. The van der Waals surface area contributed by atoms with Crippen LogP contribution in [-0.4, -0.2) is 41.6 Å². The second-order valence-corrected chi connectivity index (χ2v) is 9.91. The topological polar surface area (TPSA) is 103 Å². The number of carbonyl (C=O) groups is 3. The van der Waals surface area contributed by atoms with Crippen LogP contribution in [0, 0.1) is 22.7 Å². The molecule has 0 aliphatic heterocycles. The highest BCUT2D eigenvalue weighted by atomic mass is 16.5. The van der Waals surface area contributed by atoms with Gasteiger partial charge in [-0.25, -0.2) is 0 Å². The fourth-order valence-corrected chi connectivity index (χ4v) is 6.63. The molecular weight excluding hydrogens is 388 g/mol. The van der Waals surface area contributed by atoms with Gasteiger partial charge < -0.3 is 19.0 Å². The molecule has 3 aliphatic carbocycles. The van der Waals surface area contributed by atoms with Gasteiger partial charge in [0, 0.05) is 37.7 Å². The van der Waals surface area contributed by atoms with Crippen LogP contribution in [-0.2, 0) is 30.3 Å². The number of rotatable bonds is 2. The molecule has 1 aromatic heterocycles. The Morgan fingerprint density at radius 3 is 2.60 bits per heavy atom. The Balaban J connectivity index is 1.95. The molecule has 0 saturated heterocycles. The van der Waals surface area contributed by atoms with Gasteiger partial charge in [0.1, 0.15) is 17.6 Å². The third-order valence-electron chi connectivity index (χ3n) is 8.34. The SMILES string of the molecule is COC(=O)[C@@H]1c2ccoc2C[C@H]2[C@@H]1[C@@H](OC(C)=O)C[C@@]1(O)C(C)(C)CCC(=O)[C@@]21C. The summed E-state index contributed by atoms with van der Waals surface area (Å²) in [6.07, 6.45) is 2.21. The summed E-state index contributed by atoms with van der Waals surface area (Å²) in [5.41, 5.74) is -2.35. The van der Waals surface area contributed by atoms with E-state index in [1.165, 1.54) is 20.3 Å². The van der Waals surface area contributed by atoms with Crippen molar-refractivity contribution in [1.29, 1.82) is 0 Å². The van der Waals surface area contributed by atoms with Gasteiger partial charge in [-0.2, -0.15) is 0 Å². The minimum absolute atomic E-state index is 0.0146. The summed E-state index contributed by atoms with van der Waals surface area (Å²) < 4.78 is 16.5. The Morgan fingerprint density at radius 2 is 1.97 bits per heavy atom. The second kappa shape index (κ2) is 6.67. The molecule has 7 nitrogen and oxygen atoms in total. The second-order valence-electron chi connectivity index (χ2n) is 9.91. The maximum Gasteiger partial charge on any atom is 0.313 e. The number of fused-ring (bicyclic) bond motifs is 4. The van der Waals surface area contributed by atoms with Crippen molar-refractivity contribution in [3.05, 3.63) is 23.7 Å². The minimum atomic E-state index is -1.39. The largest absolute Gasteiger partial charge is 0.469 e. The number of hydrogen-bond donors (Lipinski definition) is 1. The number of aliphatic hydroxyl groups is 1. The molecule has 3 aliphatic rings. The first kappa shape index (κ1) is 21.1. The van der Waals surface area contributed by atoms with Crippen molar-refractivity contribution in [2.45, 2.75) is 71.0 Å². The number of hydrogen-bond acceptors (Lipinski definition) is 7. The van der Waals surface area contributed by atoms with Crippen LogP contribution < -0.4 is 0 Å². The Labute approximate surface area is 176 Å². The average molecular weight is 418 g/mol. The van der Waals surface area contributed by atoms with E-state index in [1.807, 2.05) is 20.8 Å². The van der Waals surface area contributed by atoms with Crippen molar-refractivity contribution in [2.75, 3.05) is 7.11 Å². The Kier molecular flexibility index (Phi) is 4.69. The Bertz CT molecular complexity index is 899. The van der Waals surface area contributed by atoms with Crippen LogP contribution in [0.4, 0.5) is 0 Å². The number of methoxy groups -OCH3 is 1. The molecule has 6 atom stereocenters. The third kappa shape index (κ3) is 2.57. The molecule has 1 heterocycles. The van der Waals surface area contributed by atoms with E-state index >= 15 is 0 Å². The highest BCUT2D eigenvalue weighted by Gasteiger charge is 2.72. The van der Waals surface area contributed by atoms with E-state index in [2.05, 4.69) is 0 Å². The van der Waals surface area contributed by atoms with Gasteiger partial charge in [-0.15, -0.1) is 0 Å². The van der Waals surface area contributed by atoms with E-state index in [9.17, 15) is 19.5 Å². The standard InChI is InChI=1S/C23H30O7/c1-12(24)30-16-11-23(27)21(2,3)8-6-17(25)22(23,4)14-10-15-13(7-9-29-15)18(19(14)16)20(26)28-5/h7,9,14,16,18-19,27H,6,8,10-11H2,1-5H3/t14-,16-,18+,19+,22+,23+/m0/s1. The van der Waals surface area contributed by atoms with Gasteiger partial charge >= 0.3 is 11.9 Å². The van der Waals surface area contributed by atoms with E-state index in [4.69, 9.17) is 13.9 Å². The first-order valence-electron chi connectivity index (χ1n) is 10.5. The van der Waals surface area contributed by atoms with Crippen LogP contribution in [0.5, 0.6) is 0 Å². The molecule has 1 aromatic rings. The maximum atomic E-state index is 13.4. The average Bonchev–Trinajstić information content (AvgIpc) is 3.14. The first-order valence-corrected chi connectivity index (χ1v) is 10.5. The molecule has 0 radical (unpaired) electrons. The fraction of sp³-hybridized carbons (Fsp3) is 0.696. The lowest BCUT2D eigenvalue weighted by Crippen LogP contribution is -2.73. The van der Waals surface area contributed by atoms with Crippen molar-refractivity contribution >= 4 is 17.7 Å². The molecule has 2 saturated carbocycles. The van der Waals surface area contributed by atoms with E-state index in [0.29, 0.717) is 30.6 Å². The van der Waals surface area contributed by atoms with Crippen LogP contribution in [0.2, 0.25) is 0 Å². The van der Waals surface area contributed by atoms with Crippen LogP contribution in [0.25, 0.3) is 0 Å². The summed E-state index contributed by atoms with van der Waals surface area (Å²) in [4.78, 5) is 38.3. The fourth-order valence-electron chi connectivity index (χ4n) is 6.63.